The first-order valence-corrected chi connectivity index (χ1v) is 8.30. The minimum Gasteiger partial charge on any atom is -0.330 e. The van der Waals surface area contributed by atoms with Crippen molar-refractivity contribution < 1.29 is 14.5 Å². The predicted molar refractivity (Wildman–Crippen MR) is 103 cm³/mol. The number of carbonyl (C=O) groups excluding carboxylic acids is 2. The van der Waals surface area contributed by atoms with Crippen LogP contribution in [0.4, 0.5) is 11.4 Å². The van der Waals surface area contributed by atoms with Gasteiger partial charge in [-0.2, -0.15) is 0 Å². The lowest BCUT2D eigenvalue weighted by Crippen LogP contribution is -2.28. The zero-order chi connectivity index (χ0) is 20.1. The molecule has 8 nitrogen and oxygen atoms in total. The number of non-ortho nitro benzene ring substituents is 1. The van der Waals surface area contributed by atoms with Crippen LogP contribution >= 0.6 is 0 Å². The van der Waals surface area contributed by atoms with Crippen LogP contribution in [0.3, 0.4) is 0 Å². The quantitative estimate of drug-likeness (QED) is 0.284. The Morgan fingerprint density at radius 1 is 1.11 bits per heavy atom. The Morgan fingerprint density at radius 2 is 1.79 bits per heavy atom. The fourth-order valence-corrected chi connectivity index (χ4v) is 2.53. The van der Waals surface area contributed by atoms with Crippen LogP contribution in [0.15, 0.2) is 79.3 Å². The van der Waals surface area contributed by atoms with Crippen molar-refractivity contribution in [1.82, 2.24) is 9.55 Å². The normalized spacial score (nSPS) is 10.8. The minimum absolute atomic E-state index is 0.0996. The number of nitrogens with zero attached hydrogens (tertiary/aromatic N) is 4. The van der Waals surface area contributed by atoms with E-state index in [-0.39, 0.29) is 17.3 Å². The van der Waals surface area contributed by atoms with Crippen LogP contribution in [-0.2, 0) is 7.05 Å². The number of anilines is 1. The molecule has 1 aromatic heterocycles. The van der Waals surface area contributed by atoms with Crippen LogP contribution in [-0.4, -0.2) is 26.2 Å². The zero-order valence-electron chi connectivity index (χ0n) is 14.9. The molecule has 0 aliphatic carbocycles. The number of aryl methyl sites for hydroxylation is 1. The molecule has 0 aliphatic rings. The van der Waals surface area contributed by atoms with Gasteiger partial charge >= 0.3 is 0 Å². The van der Waals surface area contributed by atoms with Crippen molar-refractivity contribution in [3.8, 4) is 0 Å². The molecule has 0 saturated carbocycles. The Balaban J connectivity index is 1.95. The molecule has 0 spiro atoms. The third-order valence-electron chi connectivity index (χ3n) is 4.00. The highest BCUT2D eigenvalue weighted by Gasteiger charge is 2.20. The number of hydrogen-bond donors (Lipinski definition) is 0. The van der Waals surface area contributed by atoms with E-state index in [4.69, 9.17) is 0 Å². The van der Waals surface area contributed by atoms with Gasteiger partial charge < -0.3 is 4.57 Å². The van der Waals surface area contributed by atoms with Gasteiger partial charge in [0.1, 0.15) is 0 Å². The molecule has 28 heavy (non-hydrogen) atoms. The fraction of sp³-hybridized carbons (Fsp3) is 0.0500. The monoisotopic (exact) mass is 376 g/mol. The number of ketones is 1. The Labute approximate surface area is 160 Å². The largest absolute Gasteiger partial charge is 0.330 e. The number of nitro benzene ring substituents is 1. The summed E-state index contributed by atoms with van der Waals surface area (Å²) in [7, 11) is 1.67. The predicted octanol–water partition coefficient (Wildman–Crippen LogP) is 3.37. The lowest BCUT2D eigenvalue weighted by atomic mass is 10.1. The summed E-state index contributed by atoms with van der Waals surface area (Å²) in [6.45, 7) is 0. The van der Waals surface area contributed by atoms with Crippen LogP contribution in [0.25, 0.3) is 0 Å². The summed E-state index contributed by atoms with van der Waals surface area (Å²) in [6, 6.07) is 14.1. The molecule has 0 saturated heterocycles. The fourth-order valence-electron chi connectivity index (χ4n) is 2.53. The summed E-state index contributed by atoms with van der Waals surface area (Å²) in [5, 5.41) is 10.9. The van der Waals surface area contributed by atoms with Crippen molar-refractivity contribution in [3.05, 3.63) is 101 Å². The first-order chi connectivity index (χ1) is 13.5. The van der Waals surface area contributed by atoms with E-state index in [9.17, 15) is 19.7 Å². The van der Waals surface area contributed by atoms with Crippen molar-refractivity contribution in [2.24, 2.45) is 7.05 Å². The second kappa shape index (κ2) is 8.09. The van der Waals surface area contributed by atoms with Crippen molar-refractivity contribution in [2.45, 2.75) is 0 Å². The van der Waals surface area contributed by atoms with Gasteiger partial charge in [-0.25, -0.2) is 4.98 Å². The molecule has 0 N–H and O–H groups in total. The number of nitro groups is 1. The topological polar surface area (TPSA) is 98.3 Å². The lowest BCUT2D eigenvalue weighted by Gasteiger charge is -2.18. The molecule has 0 radical (unpaired) electrons. The molecule has 0 unspecified atom stereocenters. The van der Waals surface area contributed by atoms with Gasteiger partial charge in [-0.15, -0.1) is 0 Å². The number of carbonyl (C=O) groups is 2. The van der Waals surface area contributed by atoms with Gasteiger partial charge in [0.2, 0.25) is 0 Å². The molecule has 1 amide bonds. The first kappa shape index (κ1) is 18.7. The Hall–Kier alpha value is -4.07. The molecular weight excluding hydrogens is 360 g/mol. The van der Waals surface area contributed by atoms with Crippen LogP contribution in [0.2, 0.25) is 0 Å². The molecule has 0 fully saturated rings. The summed E-state index contributed by atoms with van der Waals surface area (Å²) < 4.78 is 1.55. The molecule has 1 heterocycles. The maximum atomic E-state index is 12.9. The van der Waals surface area contributed by atoms with Crippen LogP contribution in [0, 0.1) is 10.1 Å². The SMILES string of the molecule is Cn1ccnc1C(=O)N(/C=C/C(=O)c1ccccc1)c1ccc([N+](=O)[O-])cc1. The number of hydrogen-bond acceptors (Lipinski definition) is 5. The Bertz CT molecular complexity index is 1040. The van der Waals surface area contributed by atoms with E-state index < -0.39 is 10.8 Å². The Kier molecular flexibility index (Phi) is 5.40. The number of benzene rings is 2. The summed E-state index contributed by atoms with van der Waals surface area (Å²) in [5.74, 6) is -0.589. The molecule has 2 aromatic carbocycles. The second-order valence-corrected chi connectivity index (χ2v) is 5.86. The standard InChI is InChI=1S/C20H16N4O4/c1-22-14-12-21-19(22)20(26)23(16-7-9-17(10-8-16)24(27)28)13-11-18(25)15-5-3-2-4-6-15/h2-14H,1H3/b13-11+. The molecule has 3 aromatic rings. The van der Waals surface area contributed by atoms with Gasteiger partial charge in [0.15, 0.2) is 11.6 Å². The first-order valence-electron chi connectivity index (χ1n) is 8.30. The molecule has 0 atom stereocenters. The van der Waals surface area contributed by atoms with E-state index in [0.717, 1.165) is 0 Å². The van der Waals surface area contributed by atoms with Gasteiger partial charge in [0, 0.05) is 55.1 Å². The number of rotatable bonds is 6. The third kappa shape index (κ3) is 4.01. The minimum atomic E-state index is -0.524. The summed E-state index contributed by atoms with van der Waals surface area (Å²) in [6.07, 6.45) is 5.73. The van der Waals surface area contributed by atoms with E-state index >= 15 is 0 Å². The number of aromatic nitrogens is 2. The summed E-state index contributed by atoms with van der Waals surface area (Å²) in [5.41, 5.74) is 0.750. The van der Waals surface area contributed by atoms with Gasteiger partial charge in [-0.05, 0) is 12.1 Å². The van der Waals surface area contributed by atoms with Crippen molar-refractivity contribution in [3.63, 3.8) is 0 Å². The zero-order valence-corrected chi connectivity index (χ0v) is 14.9. The van der Waals surface area contributed by atoms with Crippen molar-refractivity contribution >= 4 is 23.1 Å². The van der Waals surface area contributed by atoms with E-state index in [1.807, 2.05) is 0 Å². The molecule has 0 bridgehead atoms. The highest BCUT2D eigenvalue weighted by atomic mass is 16.6. The van der Waals surface area contributed by atoms with Gasteiger partial charge in [0.05, 0.1) is 4.92 Å². The number of amides is 1. The van der Waals surface area contributed by atoms with E-state index in [0.29, 0.717) is 11.3 Å². The van der Waals surface area contributed by atoms with Crippen LogP contribution < -0.4 is 4.90 Å². The lowest BCUT2D eigenvalue weighted by molar-refractivity contribution is -0.384. The van der Waals surface area contributed by atoms with Crippen LogP contribution in [0.1, 0.15) is 21.0 Å². The average molecular weight is 376 g/mol. The highest BCUT2D eigenvalue weighted by molar-refractivity contribution is 6.08. The van der Waals surface area contributed by atoms with Crippen molar-refractivity contribution in [1.29, 1.82) is 0 Å². The molecule has 140 valence electrons. The smallest absolute Gasteiger partial charge is 0.298 e. The van der Waals surface area contributed by atoms with E-state index in [1.165, 1.54) is 47.6 Å². The summed E-state index contributed by atoms with van der Waals surface area (Å²) >= 11 is 0. The maximum Gasteiger partial charge on any atom is 0.298 e. The number of allylic oxidation sites excluding steroid dienone is 1. The average Bonchev–Trinajstić information content (AvgIpc) is 3.14. The Morgan fingerprint density at radius 3 is 2.36 bits per heavy atom. The van der Waals surface area contributed by atoms with Crippen molar-refractivity contribution in [2.75, 3.05) is 4.90 Å². The number of imidazole rings is 1. The third-order valence-corrected chi connectivity index (χ3v) is 4.00. The molecule has 8 heteroatoms. The molecule has 3 rings (SSSR count). The van der Waals surface area contributed by atoms with Gasteiger partial charge in [-0.3, -0.25) is 24.6 Å². The molecule has 0 aliphatic heterocycles. The van der Waals surface area contributed by atoms with Crippen LogP contribution in [0.5, 0.6) is 0 Å². The van der Waals surface area contributed by atoms with E-state index in [2.05, 4.69) is 4.98 Å². The van der Waals surface area contributed by atoms with E-state index in [1.54, 1.807) is 48.1 Å². The second-order valence-electron chi connectivity index (χ2n) is 5.86. The van der Waals surface area contributed by atoms with Gasteiger partial charge in [0.25, 0.3) is 11.6 Å². The molecular formula is C20H16N4O4. The van der Waals surface area contributed by atoms with Gasteiger partial charge in [-0.1, -0.05) is 30.3 Å². The maximum absolute atomic E-state index is 12.9. The summed E-state index contributed by atoms with van der Waals surface area (Å²) in [4.78, 5) is 40.9. The highest BCUT2D eigenvalue weighted by Crippen LogP contribution is 2.21.